The molecule has 5 nitrogen and oxygen atoms in total. The SMILES string of the molecule is O=C(Cc1ccc(S(=O)(=O)Nc2cccc(Cl)c2)s1)N1CCCC1. The number of hydrogen-bond acceptors (Lipinski definition) is 4. The number of rotatable bonds is 5. The van der Waals surface area contributed by atoms with Gasteiger partial charge in [-0.2, -0.15) is 0 Å². The van der Waals surface area contributed by atoms with Crippen LogP contribution in [0, 0.1) is 0 Å². The summed E-state index contributed by atoms with van der Waals surface area (Å²) in [6.45, 7) is 1.59. The quantitative estimate of drug-likeness (QED) is 0.859. The first-order valence-electron chi connectivity index (χ1n) is 7.59. The van der Waals surface area contributed by atoms with Crippen LogP contribution in [0.25, 0.3) is 0 Å². The van der Waals surface area contributed by atoms with Crippen molar-refractivity contribution in [2.45, 2.75) is 23.5 Å². The molecular formula is C16H17ClN2O3S2. The third kappa shape index (κ3) is 4.09. The number of nitrogens with zero attached hydrogens (tertiary/aromatic N) is 1. The van der Waals surface area contributed by atoms with Gasteiger partial charge in [0.25, 0.3) is 10.0 Å². The Morgan fingerprint density at radius 1 is 1.21 bits per heavy atom. The fourth-order valence-corrected chi connectivity index (χ4v) is 5.17. The van der Waals surface area contributed by atoms with E-state index in [4.69, 9.17) is 11.6 Å². The summed E-state index contributed by atoms with van der Waals surface area (Å²) in [4.78, 5) is 14.7. The van der Waals surface area contributed by atoms with Gasteiger partial charge in [-0.1, -0.05) is 17.7 Å². The van der Waals surface area contributed by atoms with Crippen LogP contribution < -0.4 is 4.72 Å². The summed E-state index contributed by atoms with van der Waals surface area (Å²) in [7, 11) is -3.68. The van der Waals surface area contributed by atoms with Gasteiger partial charge in [0.15, 0.2) is 0 Å². The van der Waals surface area contributed by atoms with Gasteiger partial charge in [-0.25, -0.2) is 8.42 Å². The number of anilines is 1. The van der Waals surface area contributed by atoms with Gasteiger partial charge in [-0.05, 0) is 43.2 Å². The smallest absolute Gasteiger partial charge is 0.271 e. The fourth-order valence-electron chi connectivity index (χ4n) is 2.58. The van der Waals surface area contributed by atoms with Gasteiger partial charge in [0.05, 0.1) is 12.1 Å². The van der Waals surface area contributed by atoms with Crippen molar-refractivity contribution in [1.29, 1.82) is 0 Å². The van der Waals surface area contributed by atoms with Crippen molar-refractivity contribution < 1.29 is 13.2 Å². The van der Waals surface area contributed by atoms with E-state index >= 15 is 0 Å². The van der Waals surface area contributed by atoms with E-state index in [1.54, 1.807) is 30.3 Å². The highest BCUT2D eigenvalue weighted by Gasteiger charge is 2.21. The largest absolute Gasteiger partial charge is 0.342 e. The lowest BCUT2D eigenvalue weighted by Gasteiger charge is -2.14. The monoisotopic (exact) mass is 384 g/mol. The molecule has 8 heteroatoms. The average Bonchev–Trinajstić information content (AvgIpc) is 3.18. The molecule has 0 atom stereocenters. The second kappa shape index (κ2) is 7.13. The third-order valence-electron chi connectivity index (χ3n) is 3.76. The molecule has 1 amide bonds. The highest BCUT2D eigenvalue weighted by molar-refractivity contribution is 7.94. The van der Waals surface area contributed by atoms with Crippen molar-refractivity contribution in [1.82, 2.24) is 4.90 Å². The first-order valence-corrected chi connectivity index (χ1v) is 10.3. The molecule has 0 aliphatic carbocycles. The van der Waals surface area contributed by atoms with Gasteiger partial charge in [0.1, 0.15) is 4.21 Å². The molecule has 0 bridgehead atoms. The van der Waals surface area contributed by atoms with E-state index in [9.17, 15) is 13.2 Å². The Morgan fingerprint density at radius 3 is 2.67 bits per heavy atom. The van der Waals surface area contributed by atoms with E-state index in [0.29, 0.717) is 10.7 Å². The van der Waals surface area contributed by atoms with Crippen LogP contribution in [0.5, 0.6) is 0 Å². The predicted octanol–water partition coefficient (Wildman–Crippen LogP) is 3.37. The van der Waals surface area contributed by atoms with E-state index < -0.39 is 10.0 Å². The fraction of sp³-hybridized carbons (Fsp3) is 0.312. The van der Waals surface area contributed by atoms with Crippen LogP contribution in [0.4, 0.5) is 5.69 Å². The normalized spacial score (nSPS) is 14.8. The van der Waals surface area contributed by atoms with Gasteiger partial charge in [-0.3, -0.25) is 9.52 Å². The van der Waals surface area contributed by atoms with Crippen LogP contribution >= 0.6 is 22.9 Å². The Hall–Kier alpha value is -1.57. The van der Waals surface area contributed by atoms with Crippen molar-refractivity contribution in [2.75, 3.05) is 17.8 Å². The van der Waals surface area contributed by atoms with Crippen molar-refractivity contribution in [3.05, 3.63) is 46.3 Å². The number of sulfonamides is 1. The van der Waals surface area contributed by atoms with Crippen molar-refractivity contribution in [3.63, 3.8) is 0 Å². The molecule has 1 aliphatic rings. The van der Waals surface area contributed by atoms with Gasteiger partial charge in [0.2, 0.25) is 5.91 Å². The predicted molar refractivity (Wildman–Crippen MR) is 96.1 cm³/mol. The molecule has 1 N–H and O–H groups in total. The number of likely N-dealkylation sites (tertiary alicyclic amines) is 1. The molecule has 0 unspecified atom stereocenters. The molecule has 1 aromatic heterocycles. The van der Waals surface area contributed by atoms with E-state index in [0.717, 1.165) is 42.1 Å². The van der Waals surface area contributed by atoms with E-state index in [1.807, 2.05) is 4.90 Å². The number of nitrogens with one attached hydrogen (secondary N) is 1. The summed E-state index contributed by atoms with van der Waals surface area (Å²) in [5.74, 6) is 0.0566. The van der Waals surface area contributed by atoms with Crippen molar-refractivity contribution in [2.24, 2.45) is 0 Å². The maximum atomic E-state index is 12.4. The molecule has 0 spiro atoms. The second-order valence-corrected chi connectivity index (χ2v) is 9.12. The number of thiophene rings is 1. The van der Waals surface area contributed by atoms with Crippen molar-refractivity contribution >= 4 is 44.6 Å². The summed E-state index contributed by atoms with van der Waals surface area (Å²) < 4.78 is 27.5. The first kappa shape index (κ1) is 17.3. The zero-order valence-electron chi connectivity index (χ0n) is 12.9. The van der Waals surface area contributed by atoms with Gasteiger partial charge in [-0.15, -0.1) is 11.3 Å². The lowest BCUT2D eigenvalue weighted by atomic mass is 10.3. The van der Waals surface area contributed by atoms with Crippen LogP contribution in [0.3, 0.4) is 0 Å². The van der Waals surface area contributed by atoms with Crippen LogP contribution in [-0.2, 0) is 21.2 Å². The molecule has 2 aromatic rings. The molecular weight excluding hydrogens is 368 g/mol. The van der Waals surface area contributed by atoms with Gasteiger partial charge >= 0.3 is 0 Å². The zero-order valence-corrected chi connectivity index (χ0v) is 15.3. The lowest BCUT2D eigenvalue weighted by Crippen LogP contribution is -2.28. The molecule has 1 saturated heterocycles. The molecule has 0 radical (unpaired) electrons. The minimum absolute atomic E-state index is 0.0566. The number of carbonyl (C=O) groups excluding carboxylic acids is 1. The molecule has 2 heterocycles. The van der Waals surface area contributed by atoms with Crippen LogP contribution in [0.2, 0.25) is 5.02 Å². The van der Waals surface area contributed by atoms with E-state index in [2.05, 4.69) is 4.72 Å². The number of amides is 1. The van der Waals surface area contributed by atoms with E-state index in [1.165, 1.54) is 6.07 Å². The number of hydrogen-bond donors (Lipinski definition) is 1. The molecule has 0 saturated carbocycles. The molecule has 128 valence electrons. The minimum Gasteiger partial charge on any atom is -0.342 e. The molecule has 1 aliphatic heterocycles. The Balaban J connectivity index is 1.70. The van der Waals surface area contributed by atoms with Crippen LogP contribution in [0.15, 0.2) is 40.6 Å². The highest BCUT2D eigenvalue weighted by atomic mass is 35.5. The van der Waals surface area contributed by atoms with Crippen LogP contribution in [-0.4, -0.2) is 32.3 Å². The lowest BCUT2D eigenvalue weighted by molar-refractivity contribution is -0.129. The summed E-state index contributed by atoms with van der Waals surface area (Å²) >= 11 is 6.99. The average molecular weight is 385 g/mol. The minimum atomic E-state index is -3.68. The topological polar surface area (TPSA) is 66.5 Å². The first-order chi connectivity index (χ1) is 11.4. The summed E-state index contributed by atoms with van der Waals surface area (Å²) in [6, 6.07) is 9.76. The van der Waals surface area contributed by atoms with Crippen LogP contribution in [0.1, 0.15) is 17.7 Å². The Morgan fingerprint density at radius 2 is 1.96 bits per heavy atom. The maximum absolute atomic E-state index is 12.4. The number of halogens is 1. The summed E-state index contributed by atoms with van der Waals surface area (Å²) in [5, 5.41) is 0.457. The zero-order chi connectivity index (χ0) is 17.2. The van der Waals surface area contributed by atoms with Gasteiger partial charge < -0.3 is 4.90 Å². The Labute approximate surface area is 150 Å². The highest BCUT2D eigenvalue weighted by Crippen LogP contribution is 2.26. The summed E-state index contributed by atoms with van der Waals surface area (Å²) in [5.41, 5.74) is 0.408. The molecule has 1 fully saturated rings. The maximum Gasteiger partial charge on any atom is 0.271 e. The van der Waals surface area contributed by atoms with Crippen molar-refractivity contribution in [3.8, 4) is 0 Å². The molecule has 3 rings (SSSR count). The second-order valence-electron chi connectivity index (χ2n) is 5.60. The number of benzene rings is 1. The van der Waals surface area contributed by atoms with E-state index in [-0.39, 0.29) is 16.5 Å². The standard InChI is InChI=1S/C16H17ClN2O3S2/c17-12-4-3-5-13(10-12)18-24(21,22)16-7-6-14(23-16)11-15(20)19-8-1-2-9-19/h3-7,10,18H,1-2,8-9,11H2. The Bertz CT molecular complexity index is 843. The summed E-state index contributed by atoms with van der Waals surface area (Å²) in [6.07, 6.45) is 2.33. The third-order valence-corrected chi connectivity index (χ3v) is 6.96. The van der Waals surface area contributed by atoms with Gasteiger partial charge in [0, 0.05) is 23.0 Å². The Kier molecular flexibility index (Phi) is 5.12. The molecule has 1 aromatic carbocycles. The molecule has 24 heavy (non-hydrogen) atoms. The number of carbonyl (C=O) groups is 1.